The number of hydrogen-bond donors (Lipinski definition) is 0. The van der Waals surface area contributed by atoms with Crippen molar-refractivity contribution in [1.29, 1.82) is 0 Å². The van der Waals surface area contributed by atoms with Crippen molar-refractivity contribution < 1.29 is 4.74 Å². The summed E-state index contributed by atoms with van der Waals surface area (Å²) in [5.41, 5.74) is 2.96. The van der Waals surface area contributed by atoms with E-state index in [-0.39, 0.29) is 6.10 Å². The maximum Gasteiger partial charge on any atom is 0.144 e. The lowest BCUT2D eigenvalue weighted by atomic mass is 10.0. The molecular weight excluding hydrogens is 244 g/mol. The molecule has 1 atom stereocenters. The van der Waals surface area contributed by atoms with E-state index in [2.05, 4.69) is 23.7 Å². The molecule has 1 nitrogen and oxygen atoms in total. The SMILES string of the molecule is CC#CC(OC)c1ccccc1C#Cc1ccccc1. The summed E-state index contributed by atoms with van der Waals surface area (Å²) in [5, 5.41) is 0. The second-order valence-electron chi connectivity index (χ2n) is 4.21. The van der Waals surface area contributed by atoms with Crippen LogP contribution in [0.5, 0.6) is 0 Å². The quantitative estimate of drug-likeness (QED) is 0.746. The van der Waals surface area contributed by atoms with Gasteiger partial charge in [-0.15, -0.1) is 5.92 Å². The molecule has 0 radical (unpaired) electrons. The summed E-state index contributed by atoms with van der Waals surface area (Å²) >= 11 is 0. The largest absolute Gasteiger partial charge is 0.364 e. The van der Waals surface area contributed by atoms with Gasteiger partial charge in [-0.3, -0.25) is 0 Å². The van der Waals surface area contributed by atoms with Gasteiger partial charge in [-0.05, 0) is 25.1 Å². The van der Waals surface area contributed by atoms with E-state index >= 15 is 0 Å². The van der Waals surface area contributed by atoms with Crippen molar-refractivity contribution in [3.63, 3.8) is 0 Å². The molecule has 0 spiro atoms. The van der Waals surface area contributed by atoms with Gasteiger partial charge in [-0.25, -0.2) is 0 Å². The minimum Gasteiger partial charge on any atom is -0.364 e. The zero-order valence-electron chi connectivity index (χ0n) is 11.7. The molecule has 0 aliphatic carbocycles. The van der Waals surface area contributed by atoms with Crippen LogP contribution in [0, 0.1) is 23.7 Å². The fraction of sp³-hybridized carbons (Fsp3) is 0.158. The smallest absolute Gasteiger partial charge is 0.144 e. The highest BCUT2D eigenvalue weighted by Crippen LogP contribution is 2.19. The highest BCUT2D eigenvalue weighted by atomic mass is 16.5. The fourth-order valence-corrected chi connectivity index (χ4v) is 1.90. The second-order valence-corrected chi connectivity index (χ2v) is 4.21. The van der Waals surface area contributed by atoms with E-state index in [4.69, 9.17) is 4.74 Å². The van der Waals surface area contributed by atoms with E-state index in [1.165, 1.54) is 0 Å². The number of ether oxygens (including phenoxy) is 1. The Morgan fingerprint density at radius 3 is 2.30 bits per heavy atom. The molecule has 0 aliphatic rings. The van der Waals surface area contributed by atoms with E-state index < -0.39 is 0 Å². The zero-order valence-corrected chi connectivity index (χ0v) is 11.7. The monoisotopic (exact) mass is 260 g/mol. The van der Waals surface area contributed by atoms with E-state index in [0.717, 1.165) is 16.7 Å². The van der Waals surface area contributed by atoms with Crippen LogP contribution in [0.3, 0.4) is 0 Å². The first-order valence-corrected chi connectivity index (χ1v) is 6.46. The number of rotatable bonds is 2. The van der Waals surface area contributed by atoms with Gasteiger partial charge in [0.05, 0.1) is 0 Å². The topological polar surface area (TPSA) is 9.23 Å². The lowest BCUT2D eigenvalue weighted by Crippen LogP contribution is -2.01. The Morgan fingerprint density at radius 2 is 1.60 bits per heavy atom. The molecule has 1 heteroatoms. The first-order chi connectivity index (χ1) is 9.85. The molecule has 0 heterocycles. The van der Waals surface area contributed by atoms with Crippen molar-refractivity contribution in [1.82, 2.24) is 0 Å². The van der Waals surface area contributed by atoms with Crippen LogP contribution in [0.25, 0.3) is 0 Å². The van der Waals surface area contributed by atoms with Gasteiger partial charge in [0.2, 0.25) is 0 Å². The van der Waals surface area contributed by atoms with Crippen LogP contribution < -0.4 is 0 Å². The predicted molar refractivity (Wildman–Crippen MR) is 82.1 cm³/mol. The highest BCUT2D eigenvalue weighted by molar-refractivity contribution is 5.48. The van der Waals surface area contributed by atoms with Gasteiger partial charge in [0.15, 0.2) is 0 Å². The summed E-state index contributed by atoms with van der Waals surface area (Å²) in [6, 6.07) is 17.9. The van der Waals surface area contributed by atoms with Crippen LogP contribution >= 0.6 is 0 Å². The number of methoxy groups -OCH3 is 1. The van der Waals surface area contributed by atoms with Crippen LogP contribution in [0.4, 0.5) is 0 Å². The molecule has 0 saturated carbocycles. The minimum absolute atomic E-state index is 0.235. The average Bonchev–Trinajstić information content (AvgIpc) is 2.52. The molecule has 0 amide bonds. The molecule has 2 rings (SSSR count). The second kappa shape index (κ2) is 7.19. The van der Waals surface area contributed by atoms with E-state index in [0.29, 0.717) is 0 Å². The van der Waals surface area contributed by atoms with E-state index in [9.17, 15) is 0 Å². The lowest BCUT2D eigenvalue weighted by Gasteiger charge is -2.11. The first kappa shape index (κ1) is 13.9. The highest BCUT2D eigenvalue weighted by Gasteiger charge is 2.10. The van der Waals surface area contributed by atoms with Crippen molar-refractivity contribution >= 4 is 0 Å². The predicted octanol–water partition coefficient (Wildman–Crippen LogP) is 3.80. The average molecular weight is 260 g/mol. The Hall–Kier alpha value is -2.48. The lowest BCUT2D eigenvalue weighted by molar-refractivity contribution is 0.150. The normalized spacial score (nSPS) is 10.7. The van der Waals surface area contributed by atoms with Crippen LogP contribution in [-0.4, -0.2) is 7.11 Å². The Kier molecular flexibility index (Phi) is 5.01. The third kappa shape index (κ3) is 3.51. The van der Waals surface area contributed by atoms with Gasteiger partial charge in [0.25, 0.3) is 0 Å². The molecule has 0 fully saturated rings. The van der Waals surface area contributed by atoms with Crippen molar-refractivity contribution in [2.24, 2.45) is 0 Å². The molecule has 0 aliphatic heterocycles. The third-order valence-electron chi connectivity index (χ3n) is 2.87. The summed E-state index contributed by atoms with van der Waals surface area (Å²) < 4.78 is 5.43. The van der Waals surface area contributed by atoms with Gasteiger partial charge in [-0.1, -0.05) is 54.2 Å². The Bertz CT molecular complexity index is 678. The Morgan fingerprint density at radius 1 is 0.900 bits per heavy atom. The van der Waals surface area contributed by atoms with Crippen LogP contribution in [0.2, 0.25) is 0 Å². The van der Waals surface area contributed by atoms with Crippen molar-refractivity contribution in [3.8, 4) is 23.7 Å². The standard InChI is InChI=1S/C19H16O/c1-3-9-19(20-2)18-13-8-7-12-17(18)15-14-16-10-5-4-6-11-16/h4-8,10-13,19H,1-2H3. The summed E-state index contributed by atoms with van der Waals surface area (Å²) in [4.78, 5) is 0. The van der Waals surface area contributed by atoms with Gasteiger partial charge in [0.1, 0.15) is 6.10 Å². The molecule has 0 bridgehead atoms. The molecule has 20 heavy (non-hydrogen) atoms. The van der Waals surface area contributed by atoms with Crippen LogP contribution in [0.1, 0.15) is 29.7 Å². The Labute approximate surface area is 120 Å². The van der Waals surface area contributed by atoms with Crippen LogP contribution in [-0.2, 0) is 4.74 Å². The number of hydrogen-bond acceptors (Lipinski definition) is 1. The van der Waals surface area contributed by atoms with Crippen molar-refractivity contribution in [2.75, 3.05) is 7.11 Å². The summed E-state index contributed by atoms with van der Waals surface area (Å²) in [7, 11) is 1.66. The van der Waals surface area contributed by atoms with E-state index in [1.54, 1.807) is 7.11 Å². The van der Waals surface area contributed by atoms with Crippen molar-refractivity contribution in [3.05, 3.63) is 71.3 Å². The first-order valence-electron chi connectivity index (χ1n) is 6.46. The molecule has 98 valence electrons. The Balaban J connectivity index is 2.38. The summed E-state index contributed by atoms with van der Waals surface area (Å²) in [5.74, 6) is 12.3. The molecule has 2 aromatic rings. The molecule has 0 N–H and O–H groups in total. The summed E-state index contributed by atoms with van der Waals surface area (Å²) in [6.45, 7) is 1.81. The van der Waals surface area contributed by atoms with Gasteiger partial charge >= 0.3 is 0 Å². The summed E-state index contributed by atoms with van der Waals surface area (Å²) in [6.07, 6.45) is -0.235. The molecular formula is C19H16O. The van der Waals surface area contributed by atoms with Gasteiger partial charge in [0, 0.05) is 23.8 Å². The third-order valence-corrected chi connectivity index (χ3v) is 2.87. The number of benzene rings is 2. The van der Waals surface area contributed by atoms with Crippen molar-refractivity contribution in [2.45, 2.75) is 13.0 Å². The molecule has 1 unspecified atom stereocenters. The molecule has 0 saturated heterocycles. The fourth-order valence-electron chi connectivity index (χ4n) is 1.90. The molecule has 0 aromatic heterocycles. The maximum absolute atomic E-state index is 5.43. The maximum atomic E-state index is 5.43. The molecule has 2 aromatic carbocycles. The zero-order chi connectivity index (χ0) is 14.2. The van der Waals surface area contributed by atoms with Crippen LogP contribution in [0.15, 0.2) is 54.6 Å². The van der Waals surface area contributed by atoms with E-state index in [1.807, 2.05) is 61.5 Å². The minimum atomic E-state index is -0.235. The van der Waals surface area contributed by atoms with Gasteiger partial charge in [-0.2, -0.15) is 0 Å². The van der Waals surface area contributed by atoms with Gasteiger partial charge < -0.3 is 4.74 Å².